The number of amides is 1. The van der Waals surface area contributed by atoms with Crippen molar-refractivity contribution in [3.63, 3.8) is 0 Å². The van der Waals surface area contributed by atoms with E-state index in [0.717, 1.165) is 30.9 Å². The molecular formula is C23H26N2O4. The third kappa shape index (κ3) is 1.76. The topological polar surface area (TPSA) is 51.2 Å². The van der Waals surface area contributed by atoms with Crippen LogP contribution in [-0.2, 0) is 14.9 Å². The number of ether oxygens (including phenoxy) is 3. The molecule has 4 fully saturated rings. The van der Waals surface area contributed by atoms with Gasteiger partial charge in [0.1, 0.15) is 0 Å². The lowest BCUT2D eigenvalue weighted by Gasteiger charge is -2.58. The molecule has 6 aliphatic rings. The number of anilines is 1. The second-order valence-corrected chi connectivity index (χ2v) is 9.48. The predicted octanol–water partition coefficient (Wildman–Crippen LogP) is 2.11. The first-order valence-electron chi connectivity index (χ1n) is 10.8. The van der Waals surface area contributed by atoms with Crippen LogP contribution in [0.1, 0.15) is 24.8 Å². The van der Waals surface area contributed by atoms with Crippen LogP contribution >= 0.6 is 0 Å². The maximum Gasteiger partial charge on any atom is 0.229 e. The maximum absolute atomic E-state index is 13.5. The number of hydrogen-bond donors (Lipinski definition) is 0. The molecule has 0 N–H and O–H groups in total. The van der Waals surface area contributed by atoms with Crippen molar-refractivity contribution in [2.75, 3.05) is 38.8 Å². The van der Waals surface area contributed by atoms with E-state index in [-0.39, 0.29) is 23.5 Å². The fourth-order valence-electron chi connectivity index (χ4n) is 7.87. The molecule has 1 aromatic carbocycles. The average Bonchev–Trinajstić information content (AvgIpc) is 3.20. The Hall–Kier alpha value is -2.05. The molecule has 1 aliphatic carbocycles. The minimum atomic E-state index is -0.0242. The molecule has 1 saturated carbocycles. The normalized spacial score (nSPS) is 41.0. The highest BCUT2D eigenvalue weighted by molar-refractivity contribution is 5.99. The Morgan fingerprint density at radius 1 is 1.21 bits per heavy atom. The van der Waals surface area contributed by atoms with Crippen LogP contribution in [0.4, 0.5) is 5.69 Å². The number of piperidine rings is 2. The van der Waals surface area contributed by atoms with Crippen molar-refractivity contribution in [2.45, 2.75) is 42.9 Å². The van der Waals surface area contributed by atoms with Crippen molar-refractivity contribution in [3.05, 3.63) is 29.3 Å². The summed E-state index contributed by atoms with van der Waals surface area (Å²) in [6.45, 7) is 2.80. The molecule has 6 nitrogen and oxygen atoms in total. The summed E-state index contributed by atoms with van der Waals surface area (Å²) in [7, 11) is 3.36. The Bertz CT molecular complexity index is 974. The number of rotatable bonds is 2. The van der Waals surface area contributed by atoms with E-state index in [0.29, 0.717) is 36.7 Å². The largest absolute Gasteiger partial charge is 0.493 e. The standard InChI is InChI=1S/C23H26N2O4/c1-27-16-8-14-15(9-17(16)28-2)25-20(26)10-18-21-13-7-19-23(14,22(21)25)4-5-24(19)11-12(13)3-6-29-18/h3,8-9,13,18-19,21-22H,4-7,10-11H2,1-2H3/t13?,18?,19-,21-,22-,23+/m1/s1. The molecule has 6 heteroatoms. The van der Waals surface area contributed by atoms with Gasteiger partial charge < -0.3 is 19.1 Å². The van der Waals surface area contributed by atoms with Gasteiger partial charge in [-0.1, -0.05) is 11.6 Å². The Labute approximate surface area is 170 Å². The third-order valence-corrected chi connectivity index (χ3v) is 8.81. The molecule has 0 aromatic heterocycles. The molecule has 152 valence electrons. The first-order chi connectivity index (χ1) is 14.2. The molecule has 7 rings (SSSR count). The van der Waals surface area contributed by atoms with Gasteiger partial charge in [0.25, 0.3) is 0 Å². The van der Waals surface area contributed by atoms with E-state index in [4.69, 9.17) is 14.2 Å². The van der Waals surface area contributed by atoms with Crippen LogP contribution in [0, 0.1) is 11.8 Å². The van der Waals surface area contributed by atoms with Crippen LogP contribution in [0.25, 0.3) is 0 Å². The van der Waals surface area contributed by atoms with Crippen molar-refractivity contribution in [1.29, 1.82) is 0 Å². The monoisotopic (exact) mass is 394 g/mol. The molecule has 2 unspecified atom stereocenters. The molecule has 1 aromatic rings. The summed E-state index contributed by atoms with van der Waals surface area (Å²) in [6.07, 6.45) is 5.11. The fraction of sp³-hybridized carbons (Fsp3) is 0.609. The number of carbonyl (C=O) groups is 1. The molecule has 0 radical (unpaired) electrons. The Morgan fingerprint density at radius 2 is 2.03 bits per heavy atom. The zero-order valence-corrected chi connectivity index (χ0v) is 16.9. The van der Waals surface area contributed by atoms with Crippen LogP contribution in [0.5, 0.6) is 11.5 Å². The molecule has 3 saturated heterocycles. The van der Waals surface area contributed by atoms with E-state index in [9.17, 15) is 4.79 Å². The zero-order valence-electron chi connectivity index (χ0n) is 16.9. The molecule has 2 bridgehead atoms. The van der Waals surface area contributed by atoms with Gasteiger partial charge in [0.2, 0.25) is 5.91 Å². The van der Waals surface area contributed by atoms with Crippen molar-refractivity contribution in [2.24, 2.45) is 11.8 Å². The van der Waals surface area contributed by atoms with Crippen molar-refractivity contribution in [3.8, 4) is 11.5 Å². The van der Waals surface area contributed by atoms with E-state index in [2.05, 4.69) is 21.9 Å². The summed E-state index contributed by atoms with van der Waals surface area (Å²) >= 11 is 0. The molecular weight excluding hydrogens is 368 g/mol. The summed E-state index contributed by atoms with van der Waals surface area (Å²) in [6, 6.07) is 4.87. The molecule has 1 amide bonds. The molecule has 5 aliphatic heterocycles. The van der Waals surface area contributed by atoms with Gasteiger partial charge in [-0.05, 0) is 36.9 Å². The van der Waals surface area contributed by atoms with E-state index in [1.807, 2.05) is 6.07 Å². The number of benzene rings is 1. The number of hydrogen-bond acceptors (Lipinski definition) is 5. The van der Waals surface area contributed by atoms with Gasteiger partial charge in [0.15, 0.2) is 11.5 Å². The molecule has 1 spiro atoms. The van der Waals surface area contributed by atoms with Gasteiger partial charge in [-0.25, -0.2) is 0 Å². The number of methoxy groups -OCH3 is 2. The van der Waals surface area contributed by atoms with Gasteiger partial charge in [-0.15, -0.1) is 0 Å². The van der Waals surface area contributed by atoms with Crippen molar-refractivity contribution < 1.29 is 19.0 Å². The number of fused-ring (bicyclic) bond motifs is 2. The minimum Gasteiger partial charge on any atom is -0.493 e. The minimum absolute atomic E-state index is 0.0242. The van der Waals surface area contributed by atoms with Crippen LogP contribution < -0.4 is 14.4 Å². The van der Waals surface area contributed by atoms with Gasteiger partial charge in [-0.3, -0.25) is 9.69 Å². The van der Waals surface area contributed by atoms with Gasteiger partial charge in [-0.2, -0.15) is 0 Å². The maximum atomic E-state index is 13.5. The predicted molar refractivity (Wildman–Crippen MR) is 107 cm³/mol. The number of nitrogens with zero attached hydrogens (tertiary/aromatic N) is 2. The summed E-state index contributed by atoms with van der Waals surface area (Å²) in [5, 5.41) is 0. The van der Waals surface area contributed by atoms with Crippen molar-refractivity contribution in [1.82, 2.24) is 4.90 Å². The molecule has 29 heavy (non-hydrogen) atoms. The summed E-state index contributed by atoms with van der Waals surface area (Å²) < 4.78 is 17.6. The zero-order chi connectivity index (χ0) is 19.5. The van der Waals surface area contributed by atoms with E-state index < -0.39 is 0 Å². The highest BCUT2D eigenvalue weighted by Gasteiger charge is 2.71. The average molecular weight is 394 g/mol. The van der Waals surface area contributed by atoms with Crippen LogP contribution in [-0.4, -0.2) is 62.9 Å². The van der Waals surface area contributed by atoms with Crippen LogP contribution in [0.2, 0.25) is 0 Å². The Morgan fingerprint density at radius 3 is 2.86 bits per heavy atom. The molecule has 5 heterocycles. The van der Waals surface area contributed by atoms with Crippen LogP contribution in [0.3, 0.4) is 0 Å². The second-order valence-electron chi connectivity index (χ2n) is 9.48. The summed E-state index contributed by atoms with van der Waals surface area (Å²) in [4.78, 5) is 18.3. The first-order valence-corrected chi connectivity index (χ1v) is 10.8. The third-order valence-electron chi connectivity index (χ3n) is 8.81. The van der Waals surface area contributed by atoms with Crippen LogP contribution in [0.15, 0.2) is 23.8 Å². The Kier molecular flexibility index (Phi) is 3.08. The second kappa shape index (κ2) is 5.35. The SMILES string of the molecule is COc1cc2c(cc1OC)[C@]13CCN4CC5=CCOC6CC(=O)N2[C@@H]1[C@@H]6C5C[C@@H]43. The lowest BCUT2D eigenvalue weighted by atomic mass is 9.53. The fourth-order valence-corrected chi connectivity index (χ4v) is 7.87. The Balaban J connectivity index is 1.52. The van der Waals surface area contributed by atoms with E-state index in [1.165, 1.54) is 12.0 Å². The van der Waals surface area contributed by atoms with E-state index >= 15 is 0 Å². The smallest absolute Gasteiger partial charge is 0.229 e. The molecule has 6 atom stereocenters. The number of carbonyl (C=O) groups excluding carboxylic acids is 1. The first kappa shape index (κ1) is 16.7. The summed E-state index contributed by atoms with van der Waals surface area (Å²) in [5.41, 5.74) is 3.85. The summed E-state index contributed by atoms with van der Waals surface area (Å²) in [5.74, 6) is 2.57. The van der Waals surface area contributed by atoms with Gasteiger partial charge in [0, 0.05) is 30.0 Å². The lowest BCUT2D eigenvalue weighted by Crippen LogP contribution is -2.69. The van der Waals surface area contributed by atoms with Crippen molar-refractivity contribution >= 4 is 11.6 Å². The highest BCUT2D eigenvalue weighted by Crippen LogP contribution is 2.66. The van der Waals surface area contributed by atoms with Gasteiger partial charge in [0.05, 0.1) is 45.1 Å². The highest BCUT2D eigenvalue weighted by atomic mass is 16.5. The lowest BCUT2D eigenvalue weighted by molar-refractivity contribution is -0.132. The van der Waals surface area contributed by atoms with E-state index in [1.54, 1.807) is 19.8 Å². The quantitative estimate of drug-likeness (QED) is 0.719. The van der Waals surface area contributed by atoms with Gasteiger partial charge >= 0.3 is 0 Å².